The molecule has 1 N–H and O–H groups in total. The Hall–Kier alpha value is -1.08. The van der Waals surface area contributed by atoms with Crippen LogP contribution in [-0.2, 0) is 0 Å². The maximum atomic E-state index is 3.72. The van der Waals surface area contributed by atoms with Gasteiger partial charge in [0.2, 0.25) is 0 Å². The third-order valence-corrected chi connectivity index (χ3v) is 3.20. The van der Waals surface area contributed by atoms with Gasteiger partial charge in [-0.3, -0.25) is 0 Å². The number of rotatable bonds is 4. The van der Waals surface area contributed by atoms with E-state index >= 15 is 0 Å². The van der Waals surface area contributed by atoms with E-state index in [1.165, 1.54) is 24.0 Å². The van der Waals surface area contributed by atoms with Gasteiger partial charge in [0.05, 0.1) is 0 Å². The Kier molecular flexibility index (Phi) is 3.22. The van der Waals surface area contributed by atoms with Crippen LogP contribution in [0.2, 0.25) is 0 Å². The molecular formula is C14H19N. The van der Waals surface area contributed by atoms with Crippen molar-refractivity contribution in [1.82, 2.24) is 5.32 Å². The van der Waals surface area contributed by atoms with Gasteiger partial charge in [-0.15, -0.1) is 6.58 Å². The Morgan fingerprint density at radius 1 is 1.47 bits per heavy atom. The molecule has 80 valence electrons. The predicted molar refractivity (Wildman–Crippen MR) is 65.1 cm³/mol. The topological polar surface area (TPSA) is 12.0 Å². The maximum Gasteiger partial charge on any atom is 0.0134 e. The van der Waals surface area contributed by atoms with Crippen molar-refractivity contribution in [2.24, 2.45) is 0 Å². The van der Waals surface area contributed by atoms with Crippen molar-refractivity contribution in [3.05, 3.63) is 48.0 Å². The molecule has 0 bridgehead atoms. The predicted octanol–water partition coefficient (Wildman–Crippen LogP) is 3.02. The minimum atomic E-state index is 0.702. The molecule has 15 heavy (non-hydrogen) atoms. The smallest absolute Gasteiger partial charge is 0.0134 e. The summed E-state index contributed by atoms with van der Waals surface area (Å²) in [6.07, 6.45) is 4.48. The Morgan fingerprint density at radius 3 is 2.93 bits per heavy atom. The largest absolute Gasteiger partial charge is 0.310 e. The first kappa shape index (κ1) is 10.4. The van der Waals surface area contributed by atoms with Crippen LogP contribution in [0.15, 0.2) is 36.9 Å². The summed E-state index contributed by atoms with van der Waals surface area (Å²) in [7, 11) is 0. The van der Waals surface area contributed by atoms with Crippen molar-refractivity contribution in [2.45, 2.75) is 31.7 Å². The zero-order valence-electron chi connectivity index (χ0n) is 9.37. The average Bonchev–Trinajstić information content (AvgIpc) is 2.16. The number of hydrogen-bond acceptors (Lipinski definition) is 1. The fourth-order valence-corrected chi connectivity index (χ4v) is 2.23. The third kappa shape index (κ3) is 2.48. The molecule has 1 aliphatic rings. The number of hydrogen-bond donors (Lipinski definition) is 1. The molecule has 1 nitrogen and oxygen atoms in total. The average molecular weight is 201 g/mol. The lowest BCUT2D eigenvalue weighted by molar-refractivity contribution is 0.299. The van der Waals surface area contributed by atoms with Gasteiger partial charge in [0.1, 0.15) is 0 Å². The molecule has 0 unspecified atom stereocenters. The Morgan fingerprint density at radius 2 is 2.27 bits per heavy atom. The highest BCUT2D eigenvalue weighted by Gasteiger charge is 2.29. The molecule has 0 spiro atoms. The van der Waals surface area contributed by atoms with Gasteiger partial charge >= 0.3 is 0 Å². The molecular weight excluding hydrogens is 182 g/mol. The van der Waals surface area contributed by atoms with Crippen LogP contribution >= 0.6 is 0 Å². The monoisotopic (exact) mass is 201 g/mol. The van der Waals surface area contributed by atoms with Crippen molar-refractivity contribution in [3.63, 3.8) is 0 Å². The summed E-state index contributed by atoms with van der Waals surface area (Å²) in [6.45, 7) is 6.82. The molecule has 0 amide bonds. The zero-order chi connectivity index (χ0) is 10.7. The molecule has 0 heterocycles. The number of aryl methyl sites for hydroxylation is 1. The van der Waals surface area contributed by atoms with Gasteiger partial charge in [0, 0.05) is 12.6 Å². The molecule has 1 aromatic carbocycles. The van der Waals surface area contributed by atoms with Gasteiger partial charge in [-0.25, -0.2) is 0 Å². The van der Waals surface area contributed by atoms with Crippen molar-refractivity contribution in [3.8, 4) is 0 Å². The van der Waals surface area contributed by atoms with E-state index in [0.717, 1.165) is 12.5 Å². The Labute approximate surface area is 92.2 Å². The third-order valence-electron chi connectivity index (χ3n) is 3.20. The van der Waals surface area contributed by atoms with Crippen molar-refractivity contribution in [1.29, 1.82) is 0 Å². The summed E-state index contributed by atoms with van der Waals surface area (Å²) in [6, 6.07) is 9.59. The van der Waals surface area contributed by atoms with Crippen LogP contribution in [0, 0.1) is 6.92 Å². The molecule has 1 aliphatic carbocycles. The fourth-order valence-electron chi connectivity index (χ4n) is 2.23. The highest BCUT2D eigenvalue weighted by molar-refractivity contribution is 5.27. The van der Waals surface area contributed by atoms with Crippen LogP contribution < -0.4 is 5.32 Å². The molecule has 1 saturated carbocycles. The van der Waals surface area contributed by atoms with E-state index in [1.807, 2.05) is 6.08 Å². The first-order valence-corrected chi connectivity index (χ1v) is 5.70. The summed E-state index contributed by atoms with van der Waals surface area (Å²) in [5.41, 5.74) is 2.88. The first-order valence-electron chi connectivity index (χ1n) is 5.70. The zero-order valence-corrected chi connectivity index (χ0v) is 9.37. The molecule has 1 fully saturated rings. The van der Waals surface area contributed by atoms with Gasteiger partial charge in [0.25, 0.3) is 0 Å². The highest BCUT2D eigenvalue weighted by Crippen LogP contribution is 2.36. The van der Waals surface area contributed by atoms with E-state index in [4.69, 9.17) is 0 Å². The maximum absolute atomic E-state index is 3.72. The van der Waals surface area contributed by atoms with Crippen molar-refractivity contribution in [2.75, 3.05) is 6.54 Å². The van der Waals surface area contributed by atoms with Gasteiger partial charge in [-0.1, -0.05) is 35.9 Å². The van der Waals surface area contributed by atoms with Crippen LogP contribution in [0.3, 0.4) is 0 Å². The van der Waals surface area contributed by atoms with E-state index < -0.39 is 0 Å². The fraction of sp³-hybridized carbons (Fsp3) is 0.429. The molecule has 1 heteroatoms. The van der Waals surface area contributed by atoms with Gasteiger partial charge in [-0.05, 0) is 31.2 Å². The van der Waals surface area contributed by atoms with E-state index in [1.54, 1.807) is 0 Å². The summed E-state index contributed by atoms with van der Waals surface area (Å²) < 4.78 is 0. The quantitative estimate of drug-likeness (QED) is 0.738. The van der Waals surface area contributed by atoms with Crippen LogP contribution in [0.25, 0.3) is 0 Å². The number of nitrogens with one attached hydrogen (secondary N) is 1. The van der Waals surface area contributed by atoms with Gasteiger partial charge < -0.3 is 5.32 Å². The lowest BCUT2D eigenvalue weighted by atomic mass is 9.75. The van der Waals surface area contributed by atoms with Gasteiger partial charge in [0.15, 0.2) is 0 Å². The summed E-state index contributed by atoms with van der Waals surface area (Å²) in [5.74, 6) is 0.771. The van der Waals surface area contributed by atoms with Crippen LogP contribution in [0.1, 0.15) is 29.9 Å². The Bertz CT molecular complexity index is 337. The molecule has 0 atom stereocenters. The minimum absolute atomic E-state index is 0.702. The van der Waals surface area contributed by atoms with Crippen LogP contribution in [-0.4, -0.2) is 12.6 Å². The molecule has 0 saturated heterocycles. The number of benzene rings is 1. The summed E-state index contributed by atoms with van der Waals surface area (Å²) in [5, 5.41) is 3.47. The lowest BCUT2D eigenvalue weighted by Gasteiger charge is -2.36. The van der Waals surface area contributed by atoms with Crippen LogP contribution in [0.5, 0.6) is 0 Å². The van der Waals surface area contributed by atoms with E-state index in [2.05, 4.69) is 43.1 Å². The second kappa shape index (κ2) is 4.63. The minimum Gasteiger partial charge on any atom is -0.310 e. The van der Waals surface area contributed by atoms with E-state index in [0.29, 0.717) is 6.04 Å². The standard InChI is InChI=1S/C14H19N/c1-3-7-15-14-9-13(10-14)12-6-4-5-11(2)8-12/h3-6,8,13-15H,1,7,9-10H2,2H3. The molecule has 0 aromatic heterocycles. The highest BCUT2D eigenvalue weighted by atomic mass is 14.9. The normalized spacial score (nSPS) is 24.6. The van der Waals surface area contributed by atoms with E-state index in [9.17, 15) is 0 Å². The summed E-state index contributed by atoms with van der Waals surface area (Å²) >= 11 is 0. The van der Waals surface area contributed by atoms with Gasteiger partial charge in [-0.2, -0.15) is 0 Å². The second-order valence-electron chi connectivity index (χ2n) is 4.48. The van der Waals surface area contributed by atoms with Crippen molar-refractivity contribution >= 4 is 0 Å². The lowest BCUT2D eigenvalue weighted by Crippen LogP contribution is -2.40. The molecule has 0 aliphatic heterocycles. The second-order valence-corrected chi connectivity index (χ2v) is 4.48. The summed E-state index contributed by atoms with van der Waals surface area (Å²) in [4.78, 5) is 0. The van der Waals surface area contributed by atoms with E-state index in [-0.39, 0.29) is 0 Å². The molecule has 2 rings (SSSR count). The van der Waals surface area contributed by atoms with Crippen molar-refractivity contribution < 1.29 is 0 Å². The molecule has 1 aromatic rings. The van der Waals surface area contributed by atoms with Crippen LogP contribution in [0.4, 0.5) is 0 Å². The first-order chi connectivity index (χ1) is 7.29. The Balaban J connectivity index is 1.86. The molecule has 0 radical (unpaired) electrons. The SMILES string of the molecule is C=CCNC1CC(c2cccc(C)c2)C1.